The molecule has 1 amide bonds. The van der Waals surface area contributed by atoms with Crippen LogP contribution in [0.4, 0.5) is 10.5 Å². The van der Waals surface area contributed by atoms with Gasteiger partial charge in [0.15, 0.2) is 9.84 Å². The van der Waals surface area contributed by atoms with Gasteiger partial charge in [-0.3, -0.25) is 10.6 Å². The van der Waals surface area contributed by atoms with Crippen molar-refractivity contribution < 1.29 is 17.9 Å². The van der Waals surface area contributed by atoms with Crippen LogP contribution in [0.2, 0.25) is 0 Å². The normalized spacial score (nSPS) is 13.0. The average molecular weight is 583 g/mol. The predicted octanol–water partition coefficient (Wildman–Crippen LogP) is 7.08. The van der Waals surface area contributed by atoms with Gasteiger partial charge in [-0.15, -0.1) is 0 Å². The number of nitrogens with one attached hydrogen (secondary N) is 2. The largest absolute Gasteiger partial charge is 0.444 e. The highest BCUT2D eigenvalue weighted by Gasteiger charge is 2.37. The Balaban J connectivity index is 1.75. The number of hydrogen-bond acceptors (Lipinski definition) is 5. The fourth-order valence-electron chi connectivity index (χ4n) is 4.90. The number of benzene rings is 4. The van der Waals surface area contributed by atoms with Crippen LogP contribution in [0, 0.1) is 0 Å². The summed E-state index contributed by atoms with van der Waals surface area (Å²) in [6.45, 7) is 5.44. The van der Waals surface area contributed by atoms with Crippen LogP contribution in [-0.4, -0.2) is 32.4 Å². The second kappa shape index (κ2) is 13.2. The monoisotopic (exact) mass is 582 g/mol. The Morgan fingerprint density at radius 1 is 0.762 bits per heavy atom. The van der Waals surface area contributed by atoms with E-state index in [9.17, 15) is 13.2 Å². The van der Waals surface area contributed by atoms with E-state index in [1.807, 2.05) is 99.6 Å². The van der Waals surface area contributed by atoms with Crippen molar-refractivity contribution in [3.8, 4) is 0 Å². The van der Waals surface area contributed by atoms with Gasteiger partial charge in [0, 0.05) is 23.4 Å². The number of ether oxygens (including phenoxy) is 1. The predicted molar refractivity (Wildman–Crippen MR) is 170 cm³/mol. The first-order valence-electron chi connectivity index (χ1n) is 13.9. The van der Waals surface area contributed by atoms with Gasteiger partial charge in [-0.05, 0) is 61.6 Å². The van der Waals surface area contributed by atoms with Crippen molar-refractivity contribution in [2.24, 2.45) is 0 Å². The molecule has 4 rings (SSSR count). The fraction of sp³-hybridized carbons (Fsp3) is 0.229. The van der Waals surface area contributed by atoms with E-state index in [2.05, 4.69) is 47.0 Å². The van der Waals surface area contributed by atoms with Crippen LogP contribution in [0.15, 0.2) is 127 Å². The maximum atomic E-state index is 12.2. The molecule has 1 atom stereocenters. The van der Waals surface area contributed by atoms with Gasteiger partial charge in [-0.1, -0.05) is 109 Å². The second-order valence-electron chi connectivity index (χ2n) is 11.3. The van der Waals surface area contributed by atoms with Crippen LogP contribution < -0.4 is 10.6 Å². The summed E-state index contributed by atoms with van der Waals surface area (Å²) < 4.78 is 29.8. The number of sulfone groups is 1. The molecule has 0 unspecified atom stereocenters. The van der Waals surface area contributed by atoms with Gasteiger partial charge in [-0.25, -0.2) is 13.2 Å². The van der Waals surface area contributed by atoms with Gasteiger partial charge in [0.1, 0.15) is 5.60 Å². The summed E-state index contributed by atoms with van der Waals surface area (Å²) in [5.74, 6) is 0. The molecule has 7 heteroatoms. The first kappa shape index (κ1) is 30.8. The van der Waals surface area contributed by atoms with Gasteiger partial charge < -0.3 is 4.74 Å². The van der Waals surface area contributed by atoms with Gasteiger partial charge in [0.25, 0.3) is 0 Å². The maximum absolute atomic E-state index is 12.2. The summed E-state index contributed by atoms with van der Waals surface area (Å²) in [4.78, 5) is 12.2. The van der Waals surface area contributed by atoms with Crippen LogP contribution in [-0.2, 0) is 26.5 Å². The molecule has 6 nitrogen and oxygen atoms in total. The Morgan fingerprint density at radius 3 is 1.62 bits per heavy atom. The van der Waals surface area contributed by atoms with Crippen molar-refractivity contribution in [3.05, 3.63) is 149 Å². The smallest absolute Gasteiger partial charge is 0.412 e. The SMILES string of the molecule is CC(C)(C)OC(=O)Nc1ccc(C[C@@H](/C=C/S(C)(=O)=O)NC(c2ccccc2)(c2ccccc2)c2ccccc2)cc1. The zero-order chi connectivity index (χ0) is 30.2. The van der Waals surface area contributed by atoms with Crippen LogP contribution >= 0.6 is 0 Å². The van der Waals surface area contributed by atoms with Crippen molar-refractivity contribution in [2.45, 2.75) is 44.4 Å². The van der Waals surface area contributed by atoms with Gasteiger partial charge in [-0.2, -0.15) is 0 Å². The number of hydrogen-bond donors (Lipinski definition) is 2. The lowest BCUT2D eigenvalue weighted by atomic mass is 9.76. The second-order valence-corrected chi connectivity index (χ2v) is 13.2. The quantitative estimate of drug-likeness (QED) is 0.195. The minimum Gasteiger partial charge on any atom is -0.444 e. The Bertz CT molecular complexity index is 1480. The summed E-state index contributed by atoms with van der Waals surface area (Å²) in [6, 6.07) is 37.6. The van der Waals surface area contributed by atoms with Crippen molar-refractivity contribution >= 4 is 21.6 Å². The summed E-state index contributed by atoms with van der Waals surface area (Å²) >= 11 is 0. The van der Waals surface area contributed by atoms with E-state index >= 15 is 0 Å². The molecule has 2 N–H and O–H groups in total. The van der Waals surface area contributed by atoms with E-state index in [-0.39, 0.29) is 6.04 Å². The zero-order valence-electron chi connectivity index (χ0n) is 24.5. The molecular formula is C35H38N2O4S. The van der Waals surface area contributed by atoms with E-state index in [4.69, 9.17) is 4.74 Å². The first-order chi connectivity index (χ1) is 19.9. The summed E-state index contributed by atoms with van der Waals surface area (Å²) in [5, 5.41) is 7.88. The van der Waals surface area contributed by atoms with Crippen LogP contribution in [0.25, 0.3) is 0 Å². The first-order valence-corrected chi connectivity index (χ1v) is 15.8. The van der Waals surface area contributed by atoms with Crippen molar-refractivity contribution in [3.63, 3.8) is 0 Å². The molecule has 0 bridgehead atoms. The van der Waals surface area contributed by atoms with Crippen molar-refractivity contribution in [1.82, 2.24) is 5.32 Å². The molecule has 0 aliphatic carbocycles. The van der Waals surface area contributed by atoms with Crippen LogP contribution in [0.3, 0.4) is 0 Å². The summed E-state index contributed by atoms with van der Waals surface area (Å²) in [6.07, 6.45) is 2.87. The minimum absolute atomic E-state index is 0.384. The maximum Gasteiger partial charge on any atom is 0.412 e. The Morgan fingerprint density at radius 2 is 1.21 bits per heavy atom. The lowest BCUT2D eigenvalue weighted by Gasteiger charge is -2.39. The number of anilines is 1. The van der Waals surface area contributed by atoms with E-state index in [1.165, 1.54) is 11.7 Å². The number of amides is 1. The molecule has 0 aromatic heterocycles. The molecule has 0 saturated heterocycles. The summed E-state index contributed by atoms with van der Waals surface area (Å²) in [5.41, 5.74) is 3.26. The lowest BCUT2D eigenvalue weighted by molar-refractivity contribution is 0.0636. The molecule has 4 aromatic carbocycles. The van der Waals surface area contributed by atoms with Crippen molar-refractivity contribution in [1.29, 1.82) is 0 Å². The molecule has 0 aliphatic heterocycles. The molecule has 0 heterocycles. The van der Waals surface area contributed by atoms with Gasteiger partial charge >= 0.3 is 6.09 Å². The third-order valence-electron chi connectivity index (χ3n) is 6.64. The molecule has 42 heavy (non-hydrogen) atoms. The third kappa shape index (κ3) is 8.41. The molecular weight excluding hydrogens is 544 g/mol. The third-order valence-corrected chi connectivity index (χ3v) is 7.29. The van der Waals surface area contributed by atoms with E-state index in [1.54, 1.807) is 6.08 Å². The Kier molecular flexibility index (Phi) is 9.66. The molecule has 0 fully saturated rings. The standard InChI is InChI=1S/C35H38N2O4S/c1-34(2,3)41-33(38)36-31-22-20-27(21-23-31)26-32(24-25-42(4,39)40)37-35(28-14-8-5-9-15-28,29-16-10-6-11-17-29)30-18-12-7-13-19-30/h5-25,32,37H,26H2,1-4H3,(H,36,38)/b25-24+/t32-/m1/s1. The Hall–Kier alpha value is -4.20. The lowest BCUT2D eigenvalue weighted by Crippen LogP contribution is -2.50. The molecule has 0 aliphatic rings. The molecule has 218 valence electrons. The number of carbonyl (C=O) groups is 1. The molecule has 0 saturated carbocycles. The minimum atomic E-state index is -3.38. The van der Waals surface area contributed by atoms with Crippen LogP contribution in [0.1, 0.15) is 43.0 Å². The molecule has 0 radical (unpaired) electrons. The highest BCUT2D eigenvalue weighted by Crippen LogP contribution is 2.37. The number of carbonyl (C=O) groups excluding carboxylic acids is 1. The Labute approximate surface area is 249 Å². The average Bonchev–Trinajstić information content (AvgIpc) is 2.95. The zero-order valence-corrected chi connectivity index (χ0v) is 25.3. The highest BCUT2D eigenvalue weighted by atomic mass is 32.2. The molecule has 0 spiro atoms. The number of rotatable bonds is 10. The van der Waals surface area contributed by atoms with E-state index in [0.717, 1.165) is 22.3 Å². The fourth-order valence-corrected chi connectivity index (χ4v) is 5.37. The van der Waals surface area contributed by atoms with E-state index in [0.29, 0.717) is 12.1 Å². The van der Waals surface area contributed by atoms with Crippen molar-refractivity contribution in [2.75, 3.05) is 11.6 Å². The van der Waals surface area contributed by atoms with E-state index < -0.39 is 27.1 Å². The topological polar surface area (TPSA) is 84.5 Å². The molecule has 4 aromatic rings. The van der Waals surface area contributed by atoms with Gasteiger partial charge in [0.2, 0.25) is 0 Å². The van der Waals surface area contributed by atoms with Crippen LogP contribution in [0.5, 0.6) is 0 Å². The highest BCUT2D eigenvalue weighted by molar-refractivity contribution is 7.93. The van der Waals surface area contributed by atoms with Gasteiger partial charge in [0.05, 0.1) is 5.54 Å². The summed E-state index contributed by atoms with van der Waals surface area (Å²) in [7, 11) is -3.38.